The number of rotatable bonds is 4. The van der Waals surface area contributed by atoms with Crippen LogP contribution in [0.5, 0.6) is 0 Å². The van der Waals surface area contributed by atoms with Gasteiger partial charge in [0.2, 0.25) is 5.91 Å². The van der Waals surface area contributed by atoms with E-state index in [2.05, 4.69) is 20.5 Å². The van der Waals surface area contributed by atoms with Crippen LogP contribution in [0.2, 0.25) is 5.02 Å². The van der Waals surface area contributed by atoms with Crippen molar-refractivity contribution in [3.8, 4) is 11.4 Å². The van der Waals surface area contributed by atoms with Gasteiger partial charge in [0, 0.05) is 35.9 Å². The molecule has 0 bridgehead atoms. The van der Waals surface area contributed by atoms with Gasteiger partial charge in [-0.05, 0) is 55.3 Å². The molecule has 1 saturated heterocycles. The van der Waals surface area contributed by atoms with Crippen LogP contribution in [0.25, 0.3) is 11.4 Å². The highest BCUT2D eigenvalue weighted by atomic mass is 35.5. The van der Waals surface area contributed by atoms with Crippen LogP contribution >= 0.6 is 11.6 Å². The lowest BCUT2D eigenvalue weighted by molar-refractivity contribution is -0.121. The molecular formula is C21H20ClN5O2. The fourth-order valence-corrected chi connectivity index (χ4v) is 3.50. The first-order chi connectivity index (χ1) is 14.1. The minimum atomic E-state index is -0.124. The van der Waals surface area contributed by atoms with Crippen LogP contribution in [0.1, 0.15) is 23.3 Å². The van der Waals surface area contributed by atoms with Gasteiger partial charge in [-0.3, -0.25) is 19.7 Å². The van der Waals surface area contributed by atoms with E-state index in [1.807, 2.05) is 18.2 Å². The zero-order chi connectivity index (χ0) is 20.2. The van der Waals surface area contributed by atoms with Gasteiger partial charge in [0.05, 0.1) is 5.69 Å². The van der Waals surface area contributed by atoms with Gasteiger partial charge in [-0.2, -0.15) is 5.10 Å². The summed E-state index contributed by atoms with van der Waals surface area (Å²) >= 11 is 5.87. The molecule has 3 aromatic rings. The average molecular weight is 410 g/mol. The molecule has 0 unspecified atom stereocenters. The summed E-state index contributed by atoms with van der Waals surface area (Å²) in [4.78, 5) is 31.2. The third-order valence-electron chi connectivity index (χ3n) is 5.00. The summed E-state index contributed by atoms with van der Waals surface area (Å²) in [7, 11) is 0. The molecule has 2 aromatic heterocycles. The number of likely N-dealkylation sites (tertiary alicyclic amines) is 1. The number of carbonyl (C=O) groups is 2. The van der Waals surface area contributed by atoms with Crippen molar-refractivity contribution >= 4 is 29.1 Å². The molecule has 7 nitrogen and oxygen atoms in total. The second kappa shape index (κ2) is 8.45. The molecule has 8 heteroatoms. The highest BCUT2D eigenvalue weighted by Crippen LogP contribution is 2.22. The van der Waals surface area contributed by atoms with Crippen molar-refractivity contribution in [1.29, 1.82) is 0 Å². The van der Waals surface area contributed by atoms with E-state index in [0.29, 0.717) is 48.0 Å². The quantitative estimate of drug-likeness (QED) is 0.688. The number of anilines is 1. The number of carbonyl (C=O) groups excluding carboxylic acids is 2. The van der Waals surface area contributed by atoms with Crippen molar-refractivity contribution in [3.05, 3.63) is 65.4 Å². The van der Waals surface area contributed by atoms with E-state index in [9.17, 15) is 9.59 Å². The van der Waals surface area contributed by atoms with Crippen LogP contribution in [0, 0.1) is 5.92 Å². The summed E-state index contributed by atoms with van der Waals surface area (Å²) in [5.74, 6) is -0.268. The van der Waals surface area contributed by atoms with Crippen molar-refractivity contribution in [2.75, 3.05) is 18.4 Å². The van der Waals surface area contributed by atoms with Crippen LogP contribution in [0.4, 0.5) is 5.69 Å². The number of benzene rings is 1. The van der Waals surface area contributed by atoms with E-state index in [0.717, 1.165) is 5.69 Å². The van der Waals surface area contributed by atoms with Crippen molar-refractivity contribution in [2.24, 2.45) is 5.92 Å². The van der Waals surface area contributed by atoms with Gasteiger partial charge < -0.3 is 10.2 Å². The highest BCUT2D eigenvalue weighted by molar-refractivity contribution is 6.30. The number of halogens is 1. The minimum Gasteiger partial charge on any atom is -0.337 e. The van der Waals surface area contributed by atoms with Crippen molar-refractivity contribution in [3.63, 3.8) is 0 Å². The van der Waals surface area contributed by atoms with E-state index < -0.39 is 0 Å². The van der Waals surface area contributed by atoms with Gasteiger partial charge in [-0.1, -0.05) is 17.7 Å². The van der Waals surface area contributed by atoms with E-state index in [1.54, 1.807) is 41.4 Å². The summed E-state index contributed by atoms with van der Waals surface area (Å²) in [6.07, 6.45) is 2.92. The van der Waals surface area contributed by atoms with E-state index in [-0.39, 0.29) is 17.7 Å². The fourth-order valence-electron chi connectivity index (χ4n) is 3.37. The maximum absolute atomic E-state index is 12.8. The van der Waals surface area contributed by atoms with E-state index >= 15 is 0 Å². The van der Waals surface area contributed by atoms with Gasteiger partial charge >= 0.3 is 0 Å². The molecule has 0 saturated carbocycles. The molecule has 1 aliphatic heterocycles. The van der Waals surface area contributed by atoms with Crippen LogP contribution < -0.4 is 5.32 Å². The maximum Gasteiger partial charge on any atom is 0.271 e. The molecule has 1 aromatic carbocycles. The molecule has 0 aliphatic carbocycles. The lowest BCUT2D eigenvalue weighted by atomic mass is 9.95. The third-order valence-corrected chi connectivity index (χ3v) is 5.25. The van der Waals surface area contributed by atoms with Crippen molar-refractivity contribution in [1.82, 2.24) is 20.1 Å². The Kier molecular flexibility index (Phi) is 5.57. The Hall–Kier alpha value is -3.19. The molecule has 148 valence electrons. The largest absolute Gasteiger partial charge is 0.337 e. The third kappa shape index (κ3) is 4.46. The van der Waals surface area contributed by atoms with E-state index in [1.165, 1.54) is 0 Å². The molecule has 3 heterocycles. The topological polar surface area (TPSA) is 91.0 Å². The number of hydrogen-bond acceptors (Lipinski definition) is 4. The molecule has 2 amide bonds. The zero-order valence-electron chi connectivity index (χ0n) is 15.6. The lowest BCUT2D eigenvalue weighted by Gasteiger charge is -2.31. The number of aromatic nitrogens is 3. The number of nitrogens with zero attached hydrogens (tertiary/aromatic N) is 3. The first-order valence-electron chi connectivity index (χ1n) is 9.42. The second-order valence-corrected chi connectivity index (χ2v) is 7.38. The molecule has 0 spiro atoms. The van der Waals surface area contributed by atoms with Gasteiger partial charge in [-0.15, -0.1) is 0 Å². The van der Waals surface area contributed by atoms with Crippen molar-refractivity contribution < 1.29 is 9.59 Å². The summed E-state index contributed by atoms with van der Waals surface area (Å²) in [5, 5.41) is 10.5. The fraction of sp³-hybridized carbons (Fsp3) is 0.238. The number of pyridine rings is 1. The molecule has 0 radical (unpaired) electrons. The first-order valence-corrected chi connectivity index (χ1v) is 9.80. The Labute approximate surface area is 173 Å². The predicted octanol–water partition coefficient (Wildman–Crippen LogP) is 3.62. The predicted molar refractivity (Wildman–Crippen MR) is 111 cm³/mol. The molecule has 1 fully saturated rings. The van der Waals surface area contributed by atoms with E-state index in [4.69, 9.17) is 11.6 Å². The number of piperidine rings is 1. The first kappa shape index (κ1) is 19.1. The summed E-state index contributed by atoms with van der Waals surface area (Å²) < 4.78 is 0. The molecule has 1 aliphatic rings. The van der Waals surface area contributed by atoms with Gasteiger partial charge in [0.1, 0.15) is 11.4 Å². The number of H-pyrrole nitrogens is 1. The molecule has 29 heavy (non-hydrogen) atoms. The van der Waals surface area contributed by atoms with Gasteiger partial charge in [0.25, 0.3) is 5.91 Å². The number of amides is 2. The Balaban J connectivity index is 1.33. The SMILES string of the molecule is O=C(Nc1ccc(Cl)cc1)C1CCN(C(=O)c2cc(-c3ccccn3)n[nH]2)CC1. The number of hydrogen-bond donors (Lipinski definition) is 2. The van der Waals surface area contributed by atoms with Crippen LogP contribution in [0.3, 0.4) is 0 Å². The summed E-state index contributed by atoms with van der Waals surface area (Å²) in [6, 6.07) is 14.3. The van der Waals surface area contributed by atoms with Gasteiger partial charge in [0.15, 0.2) is 0 Å². The van der Waals surface area contributed by atoms with Crippen LogP contribution in [-0.4, -0.2) is 45.0 Å². The number of aromatic amines is 1. The summed E-state index contributed by atoms with van der Waals surface area (Å²) in [5.41, 5.74) is 2.48. The maximum atomic E-state index is 12.8. The Bertz CT molecular complexity index is 995. The minimum absolute atomic E-state index is 0.0293. The Morgan fingerprint density at radius 3 is 2.52 bits per heavy atom. The lowest BCUT2D eigenvalue weighted by Crippen LogP contribution is -2.41. The smallest absolute Gasteiger partial charge is 0.271 e. The molecule has 2 N–H and O–H groups in total. The molecular weight excluding hydrogens is 390 g/mol. The second-order valence-electron chi connectivity index (χ2n) is 6.94. The highest BCUT2D eigenvalue weighted by Gasteiger charge is 2.28. The number of nitrogens with one attached hydrogen (secondary N) is 2. The average Bonchev–Trinajstić information content (AvgIpc) is 3.26. The molecule has 0 atom stereocenters. The monoisotopic (exact) mass is 409 g/mol. The van der Waals surface area contributed by atoms with Crippen LogP contribution in [-0.2, 0) is 4.79 Å². The standard InChI is InChI=1S/C21H20ClN5O2/c22-15-4-6-16(7-5-15)24-20(28)14-8-11-27(12-9-14)21(29)19-13-18(25-26-19)17-3-1-2-10-23-17/h1-7,10,13-14H,8-9,11-12H2,(H,24,28)(H,25,26). The van der Waals surface area contributed by atoms with Crippen LogP contribution in [0.15, 0.2) is 54.7 Å². The Morgan fingerprint density at radius 1 is 1.07 bits per heavy atom. The zero-order valence-corrected chi connectivity index (χ0v) is 16.4. The normalized spacial score (nSPS) is 14.6. The Morgan fingerprint density at radius 2 is 1.83 bits per heavy atom. The van der Waals surface area contributed by atoms with Crippen molar-refractivity contribution in [2.45, 2.75) is 12.8 Å². The van der Waals surface area contributed by atoms with Gasteiger partial charge in [-0.25, -0.2) is 0 Å². The molecule has 4 rings (SSSR count). The summed E-state index contributed by atoms with van der Waals surface area (Å²) in [6.45, 7) is 1.05.